The highest BCUT2D eigenvalue weighted by Crippen LogP contribution is 2.33. The minimum atomic E-state index is -1.17. The van der Waals surface area contributed by atoms with Crippen LogP contribution >= 0.6 is 0 Å². The fourth-order valence-electron chi connectivity index (χ4n) is 1.94. The molecule has 0 fully saturated rings. The summed E-state index contributed by atoms with van der Waals surface area (Å²) in [5.74, 6) is -1.11. The Morgan fingerprint density at radius 1 is 1.59 bits per heavy atom. The summed E-state index contributed by atoms with van der Waals surface area (Å²) in [4.78, 5) is 22.6. The lowest BCUT2D eigenvalue weighted by molar-refractivity contribution is -0.139. The Balaban J connectivity index is 2.48. The number of nitrogens with one attached hydrogen (secondary N) is 1. The maximum absolute atomic E-state index is 11.7. The zero-order valence-electron chi connectivity index (χ0n) is 9.14. The van der Waals surface area contributed by atoms with E-state index in [0.29, 0.717) is 16.9 Å². The van der Waals surface area contributed by atoms with Gasteiger partial charge in [-0.3, -0.25) is 9.59 Å². The van der Waals surface area contributed by atoms with Gasteiger partial charge in [0.15, 0.2) is 0 Å². The maximum Gasteiger partial charge on any atom is 0.322 e. The first-order chi connectivity index (χ1) is 8.06. The Hall–Kier alpha value is -2.08. The second-order valence-electron chi connectivity index (χ2n) is 3.74. The highest BCUT2D eigenvalue weighted by Gasteiger charge is 2.37. The third-order valence-corrected chi connectivity index (χ3v) is 2.77. The van der Waals surface area contributed by atoms with E-state index in [-0.39, 0.29) is 5.91 Å². The van der Waals surface area contributed by atoms with Gasteiger partial charge in [0.05, 0.1) is 18.7 Å². The van der Waals surface area contributed by atoms with Gasteiger partial charge in [-0.25, -0.2) is 0 Å². The average Bonchev–Trinajstić information content (AvgIpc) is 2.66. The number of methoxy groups -OCH3 is 1. The van der Waals surface area contributed by atoms with Crippen molar-refractivity contribution in [3.63, 3.8) is 0 Å². The molecule has 17 heavy (non-hydrogen) atoms. The Bertz CT molecular complexity index is 486. The molecule has 1 aliphatic heterocycles. The highest BCUT2D eigenvalue weighted by molar-refractivity contribution is 6.02. The van der Waals surface area contributed by atoms with E-state index in [9.17, 15) is 9.59 Å². The van der Waals surface area contributed by atoms with E-state index in [1.165, 1.54) is 7.11 Å². The Morgan fingerprint density at radius 3 is 2.88 bits per heavy atom. The average molecular weight is 236 g/mol. The Labute approximate surface area is 97.4 Å². The van der Waals surface area contributed by atoms with E-state index in [1.54, 1.807) is 18.2 Å². The van der Waals surface area contributed by atoms with E-state index in [2.05, 4.69) is 5.32 Å². The molecular formula is C11H12N2O4. The molecule has 90 valence electrons. The molecule has 2 rings (SSSR count). The number of fused-ring (bicyclic) bond motifs is 1. The van der Waals surface area contributed by atoms with Gasteiger partial charge in [0, 0.05) is 0 Å². The standard InChI is InChI=1S/C11H12N2O4/c1-17-6-4-2-3-5-7(6)10(14)13-9(5)8(12)11(15)16/h2-4,8-9H,12H2,1H3,(H,13,14)(H,15,16)/t8-,9+/m1/s1. The van der Waals surface area contributed by atoms with Gasteiger partial charge in [-0.1, -0.05) is 12.1 Å². The zero-order valence-corrected chi connectivity index (χ0v) is 9.14. The van der Waals surface area contributed by atoms with Crippen molar-refractivity contribution in [2.24, 2.45) is 5.73 Å². The monoisotopic (exact) mass is 236 g/mol. The number of benzene rings is 1. The molecule has 0 saturated carbocycles. The SMILES string of the molecule is COc1cccc2c1C(=O)N[C@@H]2[C@@H](N)C(=O)O. The number of carbonyl (C=O) groups excluding carboxylic acids is 1. The van der Waals surface area contributed by atoms with Crippen LogP contribution in [0.25, 0.3) is 0 Å². The van der Waals surface area contributed by atoms with Crippen LogP contribution in [0.4, 0.5) is 0 Å². The van der Waals surface area contributed by atoms with Crippen molar-refractivity contribution in [1.29, 1.82) is 0 Å². The number of rotatable bonds is 3. The van der Waals surface area contributed by atoms with E-state index in [1.807, 2.05) is 0 Å². The van der Waals surface area contributed by atoms with Gasteiger partial charge < -0.3 is 20.9 Å². The van der Waals surface area contributed by atoms with Crippen molar-refractivity contribution < 1.29 is 19.4 Å². The summed E-state index contributed by atoms with van der Waals surface area (Å²) in [7, 11) is 1.45. The summed E-state index contributed by atoms with van der Waals surface area (Å²) in [6, 6.07) is 3.12. The quantitative estimate of drug-likeness (QED) is 0.679. The third-order valence-electron chi connectivity index (χ3n) is 2.77. The first-order valence-electron chi connectivity index (χ1n) is 5.02. The molecule has 0 aromatic heterocycles. The van der Waals surface area contributed by atoms with Crippen molar-refractivity contribution in [3.05, 3.63) is 29.3 Å². The van der Waals surface area contributed by atoms with E-state index >= 15 is 0 Å². The second kappa shape index (κ2) is 4.06. The lowest BCUT2D eigenvalue weighted by atomic mass is 9.99. The molecule has 6 nitrogen and oxygen atoms in total. The normalized spacial score (nSPS) is 19.4. The number of carboxylic acid groups (broad SMARTS) is 1. The molecule has 1 amide bonds. The number of hydrogen-bond acceptors (Lipinski definition) is 4. The van der Waals surface area contributed by atoms with E-state index < -0.39 is 18.1 Å². The van der Waals surface area contributed by atoms with Crippen LogP contribution in [0.5, 0.6) is 5.75 Å². The highest BCUT2D eigenvalue weighted by atomic mass is 16.5. The van der Waals surface area contributed by atoms with Crippen molar-refractivity contribution in [2.75, 3.05) is 7.11 Å². The summed E-state index contributed by atoms with van der Waals surface area (Å²) in [6.07, 6.45) is 0. The predicted octanol–water partition coefficient (Wildman–Crippen LogP) is -0.108. The van der Waals surface area contributed by atoms with Gasteiger partial charge in [0.25, 0.3) is 5.91 Å². The first kappa shape index (κ1) is 11.4. The molecule has 2 atom stereocenters. The number of carbonyl (C=O) groups is 2. The topological polar surface area (TPSA) is 102 Å². The molecule has 4 N–H and O–H groups in total. The number of ether oxygens (including phenoxy) is 1. The molecule has 0 radical (unpaired) electrons. The summed E-state index contributed by atoms with van der Waals surface area (Å²) in [5.41, 5.74) is 6.45. The number of aliphatic carboxylic acids is 1. The molecule has 1 aromatic carbocycles. The summed E-state index contributed by atoms with van der Waals surface area (Å²) in [5, 5.41) is 11.4. The van der Waals surface area contributed by atoms with Crippen LogP contribution in [0.1, 0.15) is 22.0 Å². The molecule has 0 unspecified atom stereocenters. The largest absolute Gasteiger partial charge is 0.496 e. The number of nitrogens with two attached hydrogens (primary N) is 1. The molecule has 0 aliphatic carbocycles. The van der Waals surface area contributed by atoms with Gasteiger partial charge in [-0.15, -0.1) is 0 Å². The minimum absolute atomic E-state index is 0.358. The van der Waals surface area contributed by atoms with Crippen LogP contribution in [-0.4, -0.2) is 30.1 Å². The molecule has 1 aromatic rings. The summed E-state index contributed by atoms with van der Waals surface area (Å²) in [6.45, 7) is 0. The predicted molar refractivity (Wildman–Crippen MR) is 58.8 cm³/mol. The lowest BCUT2D eigenvalue weighted by Crippen LogP contribution is -2.41. The van der Waals surface area contributed by atoms with Crippen molar-refractivity contribution in [2.45, 2.75) is 12.1 Å². The van der Waals surface area contributed by atoms with Gasteiger partial charge in [0.1, 0.15) is 11.8 Å². The minimum Gasteiger partial charge on any atom is -0.496 e. The maximum atomic E-state index is 11.7. The summed E-state index contributed by atoms with van der Waals surface area (Å²) >= 11 is 0. The number of carboxylic acids is 1. The van der Waals surface area contributed by atoms with Crippen LogP contribution in [0.3, 0.4) is 0 Å². The molecular weight excluding hydrogens is 224 g/mol. The zero-order chi connectivity index (χ0) is 12.6. The van der Waals surface area contributed by atoms with Crippen LogP contribution in [0, 0.1) is 0 Å². The smallest absolute Gasteiger partial charge is 0.322 e. The third kappa shape index (κ3) is 1.72. The Morgan fingerprint density at radius 2 is 2.29 bits per heavy atom. The fraction of sp³-hybridized carbons (Fsp3) is 0.273. The lowest BCUT2D eigenvalue weighted by Gasteiger charge is -2.16. The van der Waals surface area contributed by atoms with E-state index in [0.717, 1.165) is 0 Å². The molecule has 0 bridgehead atoms. The van der Waals surface area contributed by atoms with Crippen molar-refractivity contribution >= 4 is 11.9 Å². The fourth-order valence-corrected chi connectivity index (χ4v) is 1.94. The van der Waals surface area contributed by atoms with Crippen LogP contribution in [0.15, 0.2) is 18.2 Å². The number of hydrogen-bond donors (Lipinski definition) is 3. The van der Waals surface area contributed by atoms with Gasteiger partial charge in [0.2, 0.25) is 0 Å². The van der Waals surface area contributed by atoms with Crippen LogP contribution in [0.2, 0.25) is 0 Å². The van der Waals surface area contributed by atoms with Gasteiger partial charge >= 0.3 is 5.97 Å². The molecule has 1 heterocycles. The molecule has 0 spiro atoms. The van der Waals surface area contributed by atoms with E-state index in [4.69, 9.17) is 15.6 Å². The van der Waals surface area contributed by atoms with Gasteiger partial charge in [-0.2, -0.15) is 0 Å². The van der Waals surface area contributed by atoms with Crippen molar-refractivity contribution in [3.8, 4) is 5.75 Å². The second-order valence-corrected chi connectivity index (χ2v) is 3.74. The Kier molecular flexibility index (Phi) is 2.72. The first-order valence-corrected chi connectivity index (χ1v) is 5.02. The van der Waals surface area contributed by atoms with Crippen molar-refractivity contribution in [1.82, 2.24) is 5.32 Å². The molecule has 0 saturated heterocycles. The number of amides is 1. The van der Waals surface area contributed by atoms with Gasteiger partial charge in [-0.05, 0) is 11.6 Å². The summed E-state index contributed by atoms with van der Waals surface area (Å²) < 4.78 is 5.07. The molecule has 6 heteroatoms. The van der Waals surface area contributed by atoms with Crippen LogP contribution < -0.4 is 15.8 Å². The van der Waals surface area contributed by atoms with Crippen LogP contribution in [-0.2, 0) is 4.79 Å². The molecule has 1 aliphatic rings.